The van der Waals surface area contributed by atoms with Crippen LogP contribution in [-0.4, -0.2) is 13.1 Å². The third-order valence-electron chi connectivity index (χ3n) is 3.37. The van der Waals surface area contributed by atoms with E-state index in [1.54, 1.807) is 7.11 Å². The van der Waals surface area contributed by atoms with E-state index in [0.717, 1.165) is 30.6 Å². The Bertz CT molecular complexity index is 536. The number of esters is 1. The third kappa shape index (κ3) is 3.21. The van der Waals surface area contributed by atoms with Crippen LogP contribution in [0, 0.1) is 5.41 Å². The van der Waals surface area contributed by atoms with Crippen LogP contribution in [0.3, 0.4) is 0 Å². The summed E-state index contributed by atoms with van der Waals surface area (Å²) in [5, 5.41) is 0. The molecule has 20 heavy (non-hydrogen) atoms. The summed E-state index contributed by atoms with van der Waals surface area (Å²) in [5.74, 6) is 1.22. The van der Waals surface area contributed by atoms with Crippen LogP contribution in [-0.2, 0) is 16.0 Å². The molecule has 0 bridgehead atoms. The minimum absolute atomic E-state index is 0.228. The van der Waals surface area contributed by atoms with E-state index in [9.17, 15) is 4.79 Å². The van der Waals surface area contributed by atoms with Crippen molar-refractivity contribution in [3.05, 3.63) is 35.4 Å². The second-order valence-electron chi connectivity index (χ2n) is 6.12. The van der Waals surface area contributed by atoms with Gasteiger partial charge in [-0.15, -0.1) is 0 Å². The molecular weight excluding hydrogens is 252 g/mol. The number of ether oxygens (including phenoxy) is 2. The predicted octanol–water partition coefficient (Wildman–Crippen LogP) is 3.96. The Labute approximate surface area is 120 Å². The average Bonchev–Trinajstić information content (AvgIpc) is 2.59. The van der Waals surface area contributed by atoms with Crippen LogP contribution in [0.1, 0.15) is 44.7 Å². The smallest absolute Gasteiger partial charge is 0.316 e. The van der Waals surface area contributed by atoms with Gasteiger partial charge in [0.1, 0.15) is 11.5 Å². The van der Waals surface area contributed by atoms with Crippen molar-refractivity contribution < 1.29 is 14.3 Å². The molecule has 1 aromatic rings. The van der Waals surface area contributed by atoms with Crippen molar-refractivity contribution in [2.45, 2.75) is 40.0 Å². The number of hydrogen-bond donors (Lipinski definition) is 0. The molecule has 0 radical (unpaired) electrons. The number of carbonyl (C=O) groups excluding carboxylic acids is 1. The molecule has 0 N–H and O–H groups in total. The zero-order valence-corrected chi connectivity index (χ0v) is 12.7. The van der Waals surface area contributed by atoms with Crippen LogP contribution in [0.15, 0.2) is 24.3 Å². The van der Waals surface area contributed by atoms with Crippen LogP contribution in [0.25, 0.3) is 5.76 Å². The van der Waals surface area contributed by atoms with Crippen LogP contribution in [0.2, 0.25) is 0 Å². The second-order valence-corrected chi connectivity index (χ2v) is 6.12. The fraction of sp³-hybridized carbons (Fsp3) is 0.471. The van der Waals surface area contributed by atoms with Crippen molar-refractivity contribution in [1.82, 2.24) is 0 Å². The molecule has 0 atom stereocenters. The van der Waals surface area contributed by atoms with Gasteiger partial charge in [-0.3, -0.25) is 4.79 Å². The molecule has 3 nitrogen and oxygen atoms in total. The number of allylic oxidation sites excluding steroid dienone is 1. The van der Waals surface area contributed by atoms with Crippen molar-refractivity contribution in [2.24, 2.45) is 5.41 Å². The maximum atomic E-state index is 12.0. The van der Waals surface area contributed by atoms with E-state index in [2.05, 4.69) is 6.08 Å². The highest BCUT2D eigenvalue weighted by Crippen LogP contribution is 2.30. The number of rotatable bonds is 2. The number of benzene rings is 1. The minimum atomic E-state index is -0.507. The summed E-state index contributed by atoms with van der Waals surface area (Å²) in [6.07, 6.45) is 5.24. The molecule has 0 heterocycles. The van der Waals surface area contributed by atoms with Gasteiger partial charge in [0.2, 0.25) is 0 Å². The number of carbonyl (C=O) groups is 1. The maximum Gasteiger partial charge on any atom is 0.316 e. The highest BCUT2D eigenvalue weighted by atomic mass is 16.5. The molecule has 0 spiro atoms. The van der Waals surface area contributed by atoms with E-state index in [0.29, 0.717) is 5.75 Å². The van der Waals surface area contributed by atoms with E-state index in [4.69, 9.17) is 9.47 Å². The normalized spacial score (nSPS) is 14.9. The minimum Gasteiger partial charge on any atom is -0.496 e. The Balaban J connectivity index is 2.31. The summed E-state index contributed by atoms with van der Waals surface area (Å²) in [4.78, 5) is 12.0. The van der Waals surface area contributed by atoms with Gasteiger partial charge in [-0.05, 0) is 63.8 Å². The SMILES string of the molecule is COC1=CCCCc2ccc(OC(=O)C(C)(C)C)cc21. The molecular formula is C17H22O3. The van der Waals surface area contributed by atoms with Gasteiger partial charge in [-0.25, -0.2) is 0 Å². The maximum absolute atomic E-state index is 12.0. The van der Waals surface area contributed by atoms with Gasteiger partial charge in [-0.1, -0.05) is 6.07 Å². The summed E-state index contributed by atoms with van der Waals surface area (Å²) in [6, 6.07) is 5.79. The fourth-order valence-corrected chi connectivity index (χ4v) is 2.16. The summed E-state index contributed by atoms with van der Waals surface area (Å²) in [5.41, 5.74) is 1.77. The topological polar surface area (TPSA) is 35.5 Å². The van der Waals surface area contributed by atoms with Crippen LogP contribution < -0.4 is 4.74 Å². The molecule has 0 fully saturated rings. The summed E-state index contributed by atoms with van der Waals surface area (Å²) >= 11 is 0. The van der Waals surface area contributed by atoms with Crippen LogP contribution >= 0.6 is 0 Å². The third-order valence-corrected chi connectivity index (χ3v) is 3.37. The Morgan fingerprint density at radius 1 is 1.25 bits per heavy atom. The summed E-state index contributed by atoms with van der Waals surface area (Å²) in [6.45, 7) is 5.54. The van der Waals surface area contributed by atoms with Gasteiger partial charge >= 0.3 is 5.97 Å². The molecule has 2 rings (SSSR count). The Morgan fingerprint density at radius 3 is 2.65 bits per heavy atom. The van der Waals surface area contributed by atoms with E-state index in [1.807, 2.05) is 39.0 Å². The molecule has 0 unspecified atom stereocenters. The lowest BCUT2D eigenvalue weighted by molar-refractivity contribution is -0.142. The molecule has 1 aliphatic rings. The van der Waals surface area contributed by atoms with Crippen molar-refractivity contribution in [3.8, 4) is 5.75 Å². The molecule has 108 valence electrons. The molecule has 1 aliphatic carbocycles. The Kier molecular flexibility index (Phi) is 4.17. The largest absolute Gasteiger partial charge is 0.496 e. The lowest BCUT2D eigenvalue weighted by Gasteiger charge is -2.17. The van der Waals surface area contributed by atoms with Gasteiger partial charge in [-0.2, -0.15) is 0 Å². The summed E-state index contributed by atoms with van der Waals surface area (Å²) in [7, 11) is 1.68. The van der Waals surface area contributed by atoms with Gasteiger partial charge in [0, 0.05) is 5.56 Å². The van der Waals surface area contributed by atoms with Crippen LogP contribution in [0.4, 0.5) is 0 Å². The average molecular weight is 274 g/mol. The van der Waals surface area contributed by atoms with Gasteiger partial charge in [0.05, 0.1) is 12.5 Å². The molecule has 0 saturated carbocycles. The quantitative estimate of drug-likeness (QED) is 0.605. The lowest BCUT2D eigenvalue weighted by Crippen LogP contribution is -2.25. The van der Waals surface area contributed by atoms with E-state index in [-0.39, 0.29) is 5.97 Å². The van der Waals surface area contributed by atoms with Crippen molar-refractivity contribution in [2.75, 3.05) is 7.11 Å². The predicted molar refractivity (Wildman–Crippen MR) is 79.5 cm³/mol. The number of hydrogen-bond acceptors (Lipinski definition) is 3. The van der Waals surface area contributed by atoms with Gasteiger partial charge in [0.25, 0.3) is 0 Å². The zero-order chi connectivity index (χ0) is 14.8. The molecule has 0 amide bonds. The molecule has 0 aliphatic heterocycles. The molecule has 1 aromatic carbocycles. The van der Waals surface area contributed by atoms with Crippen molar-refractivity contribution >= 4 is 11.7 Å². The zero-order valence-electron chi connectivity index (χ0n) is 12.7. The lowest BCUT2D eigenvalue weighted by atomic mass is 9.97. The first-order valence-electron chi connectivity index (χ1n) is 7.01. The first-order valence-corrected chi connectivity index (χ1v) is 7.01. The summed E-state index contributed by atoms with van der Waals surface area (Å²) < 4.78 is 10.9. The number of fused-ring (bicyclic) bond motifs is 1. The van der Waals surface area contributed by atoms with E-state index in [1.165, 1.54) is 5.56 Å². The molecule has 0 aromatic heterocycles. The molecule has 0 saturated heterocycles. The second kappa shape index (κ2) is 5.70. The highest BCUT2D eigenvalue weighted by molar-refractivity contribution is 5.78. The number of methoxy groups -OCH3 is 1. The fourth-order valence-electron chi connectivity index (χ4n) is 2.16. The monoisotopic (exact) mass is 274 g/mol. The van der Waals surface area contributed by atoms with Crippen LogP contribution in [0.5, 0.6) is 5.75 Å². The van der Waals surface area contributed by atoms with Crippen molar-refractivity contribution in [1.29, 1.82) is 0 Å². The Morgan fingerprint density at radius 2 is 2.00 bits per heavy atom. The van der Waals surface area contributed by atoms with E-state index >= 15 is 0 Å². The van der Waals surface area contributed by atoms with Crippen molar-refractivity contribution in [3.63, 3.8) is 0 Å². The van der Waals surface area contributed by atoms with Gasteiger partial charge < -0.3 is 9.47 Å². The van der Waals surface area contributed by atoms with E-state index < -0.39 is 5.41 Å². The number of aryl methyl sites for hydroxylation is 1. The first-order chi connectivity index (χ1) is 9.41. The first kappa shape index (κ1) is 14.6. The van der Waals surface area contributed by atoms with Gasteiger partial charge in [0.15, 0.2) is 0 Å². The highest BCUT2D eigenvalue weighted by Gasteiger charge is 2.24. The molecule has 3 heteroatoms. The standard InChI is InChI=1S/C17H22O3/c1-17(2,3)16(18)20-13-10-9-12-7-5-6-8-15(19-4)14(12)11-13/h8-11H,5-7H2,1-4H3. The Hall–Kier alpha value is -1.77.